The molecule has 35 heavy (non-hydrogen) atoms. The lowest BCUT2D eigenvalue weighted by atomic mass is 9.98. The molecule has 0 unspecified atom stereocenters. The van der Waals surface area contributed by atoms with Gasteiger partial charge in [0.05, 0.1) is 29.1 Å². The van der Waals surface area contributed by atoms with Gasteiger partial charge in [-0.3, -0.25) is 9.59 Å². The van der Waals surface area contributed by atoms with Gasteiger partial charge in [0.15, 0.2) is 0 Å². The molecule has 6 nitrogen and oxygen atoms in total. The Bertz CT molecular complexity index is 1270. The summed E-state index contributed by atoms with van der Waals surface area (Å²) in [5.74, 6) is -1.65. The van der Waals surface area contributed by atoms with Crippen LogP contribution < -0.4 is 10.2 Å². The molecule has 0 atom stereocenters. The van der Waals surface area contributed by atoms with Gasteiger partial charge in [-0.25, -0.2) is 9.69 Å². The monoisotopic (exact) mass is 472 g/mol. The van der Waals surface area contributed by atoms with Crippen LogP contribution in [0.5, 0.6) is 0 Å². The molecule has 3 aromatic carbocycles. The van der Waals surface area contributed by atoms with Crippen LogP contribution in [0.25, 0.3) is 0 Å². The fourth-order valence-electron chi connectivity index (χ4n) is 4.28. The van der Waals surface area contributed by atoms with E-state index < -0.39 is 17.8 Å². The minimum absolute atomic E-state index is 0.0978. The first kappa shape index (κ1) is 25.7. The molecule has 0 radical (unpaired) electrons. The number of benzene rings is 3. The average molecular weight is 473 g/mol. The number of nitrogens with one attached hydrogen (secondary N) is 1. The fourth-order valence-corrected chi connectivity index (χ4v) is 4.28. The first-order valence-corrected chi connectivity index (χ1v) is 11.6. The van der Waals surface area contributed by atoms with E-state index in [0.29, 0.717) is 11.4 Å². The Labute approximate surface area is 206 Å². The standard InChI is InChI=1S/C29H32N2O4/c1-8-35-29(34)24-23(28(33)31(22(7)32)27-20(5)13-10-14-21(27)6)16-15-19(4)26(24)30-25-17(2)11-9-12-18(25)3/h9-16,30H,8H2,1-7H3. The van der Waals surface area contributed by atoms with Gasteiger partial charge >= 0.3 is 5.97 Å². The number of nitrogens with zero attached hydrogens (tertiary/aromatic N) is 1. The molecule has 1 N–H and O–H groups in total. The quantitative estimate of drug-likeness (QED) is 0.424. The van der Waals surface area contributed by atoms with Crippen LogP contribution in [0.2, 0.25) is 0 Å². The molecule has 0 saturated heterocycles. The first-order chi connectivity index (χ1) is 16.6. The van der Waals surface area contributed by atoms with Gasteiger partial charge in [0, 0.05) is 12.6 Å². The summed E-state index contributed by atoms with van der Waals surface area (Å²) in [6.07, 6.45) is 0. The molecule has 3 aromatic rings. The number of anilines is 3. The Morgan fingerprint density at radius 2 is 1.29 bits per heavy atom. The molecule has 0 aliphatic rings. The Balaban J connectivity index is 2.26. The van der Waals surface area contributed by atoms with Crippen LogP contribution >= 0.6 is 0 Å². The highest BCUT2D eigenvalue weighted by molar-refractivity contribution is 6.24. The van der Waals surface area contributed by atoms with Crippen molar-refractivity contribution < 1.29 is 19.1 Å². The van der Waals surface area contributed by atoms with Crippen LogP contribution in [0.3, 0.4) is 0 Å². The largest absolute Gasteiger partial charge is 0.462 e. The SMILES string of the molecule is CCOC(=O)c1c(C(=O)N(C(C)=O)c2c(C)cccc2C)ccc(C)c1Nc1c(C)cccc1C. The predicted molar refractivity (Wildman–Crippen MR) is 140 cm³/mol. The molecule has 0 spiro atoms. The molecule has 0 aromatic heterocycles. The van der Waals surface area contributed by atoms with E-state index in [1.54, 1.807) is 19.1 Å². The summed E-state index contributed by atoms with van der Waals surface area (Å²) >= 11 is 0. The van der Waals surface area contributed by atoms with Crippen LogP contribution in [0, 0.1) is 34.6 Å². The maximum atomic E-state index is 13.9. The summed E-state index contributed by atoms with van der Waals surface area (Å²) in [6, 6.07) is 14.8. The fraction of sp³-hybridized carbons (Fsp3) is 0.276. The zero-order valence-corrected chi connectivity index (χ0v) is 21.4. The van der Waals surface area contributed by atoms with E-state index in [4.69, 9.17) is 4.74 Å². The molecule has 182 valence electrons. The number of rotatable bonds is 6. The molecule has 0 aliphatic heterocycles. The number of amides is 2. The third-order valence-corrected chi connectivity index (χ3v) is 6.04. The number of esters is 1. The van der Waals surface area contributed by atoms with Crippen molar-refractivity contribution in [3.05, 3.63) is 87.5 Å². The number of aryl methyl sites for hydroxylation is 5. The van der Waals surface area contributed by atoms with Crippen LogP contribution in [-0.2, 0) is 9.53 Å². The molecule has 0 bridgehead atoms. The number of carbonyl (C=O) groups is 3. The predicted octanol–water partition coefficient (Wildman–Crippen LogP) is 6.34. The topological polar surface area (TPSA) is 75.7 Å². The minimum atomic E-state index is -0.627. The second-order valence-corrected chi connectivity index (χ2v) is 8.69. The summed E-state index contributed by atoms with van der Waals surface area (Å²) in [5.41, 5.74) is 6.39. The highest BCUT2D eigenvalue weighted by Gasteiger charge is 2.31. The van der Waals surface area contributed by atoms with Gasteiger partial charge in [-0.05, 0) is 75.4 Å². The van der Waals surface area contributed by atoms with Crippen molar-refractivity contribution in [1.82, 2.24) is 0 Å². The highest BCUT2D eigenvalue weighted by atomic mass is 16.5. The van der Waals surface area contributed by atoms with Crippen LogP contribution in [0.15, 0.2) is 48.5 Å². The van der Waals surface area contributed by atoms with Crippen molar-refractivity contribution >= 4 is 34.8 Å². The Morgan fingerprint density at radius 1 is 0.771 bits per heavy atom. The Morgan fingerprint density at radius 3 is 1.80 bits per heavy atom. The number of para-hydroxylation sites is 2. The lowest BCUT2D eigenvalue weighted by molar-refractivity contribution is -0.116. The maximum absolute atomic E-state index is 13.9. The normalized spacial score (nSPS) is 10.6. The lowest BCUT2D eigenvalue weighted by Crippen LogP contribution is -2.37. The van der Waals surface area contributed by atoms with Crippen molar-refractivity contribution in [2.75, 3.05) is 16.8 Å². The van der Waals surface area contributed by atoms with E-state index in [-0.39, 0.29) is 17.7 Å². The average Bonchev–Trinajstić information content (AvgIpc) is 2.79. The molecule has 0 heterocycles. The Kier molecular flexibility index (Phi) is 7.75. The molecular formula is C29H32N2O4. The van der Waals surface area contributed by atoms with Crippen LogP contribution in [0.4, 0.5) is 17.1 Å². The third kappa shape index (κ3) is 5.11. The van der Waals surface area contributed by atoms with E-state index in [2.05, 4.69) is 5.32 Å². The zero-order chi connectivity index (χ0) is 25.9. The zero-order valence-electron chi connectivity index (χ0n) is 21.4. The molecule has 0 saturated carbocycles. The molecular weight excluding hydrogens is 440 g/mol. The number of hydrogen-bond acceptors (Lipinski definition) is 5. The second kappa shape index (κ2) is 10.6. The summed E-state index contributed by atoms with van der Waals surface area (Å²) in [4.78, 5) is 41.1. The van der Waals surface area contributed by atoms with Gasteiger partial charge in [0.2, 0.25) is 5.91 Å². The summed E-state index contributed by atoms with van der Waals surface area (Å²) in [6.45, 7) is 12.7. The van der Waals surface area contributed by atoms with Gasteiger partial charge in [0.1, 0.15) is 0 Å². The van der Waals surface area contributed by atoms with Gasteiger partial charge in [0.25, 0.3) is 5.91 Å². The molecule has 0 aliphatic carbocycles. The molecule has 2 amide bonds. The number of imide groups is 1. The van der Waals surface area contributed by atoms with Crippen LogP contribution in [-0.4, -0.2) is 24.4 Å². The Hall–Kier alpha value is -3.93. The molecule has 6 heteroatoms. The first-order valence-electron chi connectivity index (χ1n) is 11.6. The van der Waals surface area contributed by atoms with Crippen molar-refractivity contribution in [2.24, 2.45) is 0 Å². The van der Waals surface area contributed by atoms with E-state index in [9.17, 15) is 14.4 Å². The van der Waals surface area contributed by atoms with E-state index in [1.165, 1.54) is 6.92 Å². The van der Waals surface area contributed by atoms with Crippen LogP contribution in [0.1, 0.15) is 62.4 Å². The smallest absolute Gasteiger partial charge is 0.341 e. The van der Waals surface area contributed by atoms with Crippen molar-refractivity contribution in [3.63, 3.8) is 0 Å². The second-order valence-electron chi connectivity index (χ2n) is 8.69. The van der Waals surface area contributed by atoms with Crippen molar-refractivity contribution in [1.29, 1.82) is 0 Å². The van der Waals surface area contributed by atoms with Gasteiger partial charge in [-0.2, -0.15) is 0 Å². The third-order valence-electron chi connectivity index (χ3n) is 6.04. The van der Waals surface area contributed by atoms with Gasteiger partial charge in [-0.15, -0.1) is 0 Å². The number of ether oxygens (including phenoxy) is 1. The molecule has 3 rings (SSSR count). The molecule has 0 fully saturated rings. The van der Waals surface area contributed by atoms with Crippen molar-refractivity contribution in [3.8, 4) is 0 Å². The van der Waals surface area contributed by atoms with E-state index in [0.717, 1.165) is 38.4 Å². The lowest BCUT2D eigenvalue weighted by Gasteiger charge is -2.25. The number of carbonyl (C=O) groups excluding carboxylic acids is 3. The maximum Gasteiger partial charge on any atom is 0.341 e. The van der Waals surface area contributed by atoms with Gasteiger partial charge in [-0.1, -0.05) is 42.5 Å². The van der Waals surface area contributed by atoms with Gasteiger partial charge < -0.3 is 10.1 Å². The summed E-state index contributed by atoms with van der Waals surface area (Å²) < 4.78 is 5.37. The van der Waals surface area contributed by atoms with E-state index >= 15 is 0 Å². The van der Waals surface area contributed by atoms with Crippen molar-refractivity contribution in [2.45, 2.75) is 48.5 Å². The minimum Gasteiger partial charge on any atom is -0.462 e. The highest BCUT2D eigenvalue weighted by Crippen LogP contribution is 2.34. The van der Waals surface area contributed by atoms with E-state index in [1.807, 2.05) is 71.0 Å². The summed E-state index contributed by atoms with van der Waals surface area (Å²) in [5, 5.41) is 3.39. The number of hydrogen-bond donors (Lipinski definition) is 1. The summed E-state index contributed by atoms with van der Waals surface area (Å²) in [7, 11) is 0.